The normalized spacial score (nSPS) is 27.5. The molecule has 1 N–H and O–H groups in total. The second kappa shape index (κ2) is 3.97. The van der Waals surface area contributed by atoms with Gasteiger partial charge in [0.05, 0.1) is 0 Å². The fourth-order valence-electron chi connectivity index (χ4n) is 2.86. The van der Waals surface area contributed by atoms with E-state index in [9.17, 15) is 0 Å². The van der Waals surface area contributed by atoms with Gasteiger partial charge in [0.2, 0.25) is 0 Å². The average Bonchev–Trinajstić information content (AvgIpc) is 2.53. The molecule has 1 heterocycles. The Balaban J connectivity index is 1.82. The number of hydrogen-bond donors (Lipinski definition) is 1. The van der Waals surface area contributed by atoms with Crippen LogP contribution in [0, 0.1) is 5.41 Å². The van der Waals surface area contributed by atoms with Gasteiger partial charge in [-0.3, -0.25) is 0 Å². The fourth-order valence-corrected chi connectivity index (χ4v) is 2.86. The minimum atomic E-state index is 0.652. The van der Waals surface area contributed by atoms with Crippen molar-refractivity contribution >= 4 is 0 Å². The zero-order valence-electron chi connectivity index (χ0n) is 8.81. The summed E-state index contributed by atoms with van der Waals surface area (Å²) in [5, 5.41) is 3.36. The van der Waals surface area contributed by atoms with Gasteiger partial charge in [0, 0.05) is 13.1 Å². The van der Waals surface area contributed by atoms with Crippen molar-refractivity contribution in [3.8, 4) is 0 Å². The lowest BCUT2D eigenvalue weighted by Crippen LogP contribution is -2.47. The minimum Gasteiger partial charge on any atom is -0.319 e. The van der Waals surface area contributed by atoms with Crippen LogP contribution in [0.3, 0.4) is 0 Å². The first kappa shape index (κ1) is 9.47. The van der Waals surface area contributed by atoms with Crippen molar-refractivity contribution in [3.05, 3.63) is 0 Å². The maximum absolute atomic E-state index is 3.36. The molecule has 0 aromatic carbocycles. The van der Waals surface area contributed by atoms with Crippen LogP contribution in [0.4, 0.5) is 0 Å². The van der Waals surface area contributed by atoms with E-state index in [1.807, 2.05) is 0 Å². The van der Waals surface area contributed by atoms with Crippen molar-refractivity contribution < 1.29 is 0 Å². The topological polar surface area (TPSA) is 15.3 Å². The molecule has 0 aromatic heterocycles. The third kappa shape index (κ3) is 2.05. The fraction of sp³-hybridized carbons (Fsp3) is 1.00. The molecule has 0 unspecified atom stereocenters. The largest absolute Gasteiger partial charge is 0.319 e. The average molecular weight is 182 g/mol. The molecule has 2 heteroatoms. The Labute approximate surface area is 81.7 Å². The maximum atomic E-state index is 3.36. The molecule has 76 valence electrons. The lowest BCUT2D eigenvalue weighted by molar-refractivity contribution is 0.0790. The highest BCUT2D eigenvalue weighted by Crippen LogP contribution is 2.41. The Hall–Kier alpha value is -0.0800. The quantitative estimate of drug-likeness (QED) is 0.708. The van der Waals surface area contributed by atoms with Gasteiger partial charge >= 0.3 is 0 Å². The standard InChI is InChI=1S/C11H22N2/c1-12-9-11(5-4-6-11)10-13-7-2-3-8-13/h12H,2-10H2,1H3. The van der Waals surface area contributed by atoms with E-state index in [1.165, 1.54) is 58.3 Å². The molecular formula is C11H22N2. The van der Waals surface area contributed by atoms with Crippen LogP contribution >= 0.6 is 0 Å². The zero-order valence-corrected chi connectivity index (χ0v) is 8.81. The lowest BCUT2D eigenvalue weighted by Gasteiger charge is -2.44. The molecule has 0 bridgehead atoms. The molecule has 0 amide bonds. The molecular weight excluding hydrogens is 160 g/mol. The summed E-state index contributed by atoms with van der Waals surface area (Å²) in [6, 6.07) is 0. The molecule has 0 radical (unpaired) electrons. The molecule has 1 aliphatic heterocycles. The molecule has 1 aliphatic carbocycles. The van der Waals surface area contributed by atoms with Crippen LogP contribution in [-0.2, 0) is 0 Å². The van der Waals surface area contributed by atoms with Gasteiger partial charge in [-0.2, -0.15) is 0 Å². The monoisotopic (exact) mass is 182 g/mol. The predicted molar refractivity (Wildman–Crippen MR) is 55.9 cm³/mol. The van der Waals surface area contributed by atoms with Crippen LogP contribution in [0.5, 0.6) is 0 Å². The highest BCUT2D eigenvalue weighted by molar-refractivity contribution is 4.92. The van der Waals surface area contributed by atoms with Crippen molar-refractivity contribution in [3.63, 3.8) is 0 Å². The predicted octanol–water partition coefficient (Wildman–Crippen LogP) is 1.47. The Morgan fingerprint density at radius 1 is 1.15 bits per heavy atom. The maximum Gasteiger partial charge on any atom is 0.00501 e. The summed E-state index contributed by atoms with van der Waals surface area (Å²) >= 11 is 0. The summed E-state index contributed by atoms with van der Waals surface area (Å²) in [4.78, 5) is 2.66. The molecule has 1 saturated heterocycles. The van der Waals surface area contributed by atoms with Gasteiger partial charge in [0.1, 0.15) is 0 Å². The second-order valence-corrected chi connectivity index (χ2v) is 4.87. The number of hydrogen-bond acceptors (Lipinski definition) is 2. The van der Waals surface area contributed by atoms with Crippen LogP contribution in [0.25, 0.3) is 0 Å². The molecule has 2 rings (SSSR count). The third-order valence-corrected chi connectivity index (χ3v) is 3.72. The summed E-state index contributed by atoms with van der Waals surface area (Å²) in [7, 11) is 2.09. The van der Waals surface area contributed by atoms with Crippen molar-refractivity contribution in [2.45, 2.75) is 32.1 Å². The van der Waals surface area contributed by atoms with Gasteiger partial charge < -0.3 is 10.2 Å². The number of likely N-dealkylation sites (tertiary alicyclic amines) is 1. The first-order valence-corrected chi connectivity index (χ1v) is 5.72. The van der Waals surface area contributed by atoms with E-state index >= 15 is 0 Å². The Bertz CT molecular complexity index is 157. The van der Waals surface area contributed by atoms with Gasteiger partial charge in [0.15, 0.2) is 0 Å². The van der Waals surface area contributed by atoms with Gasteiger partial charge in [-0.05, 0) is 51.2 Å². The van der Waals surface area contributed by atoms with Gasteiger partial charge in [-0.15, -0.1) is 0 Å². The summed E-state index contributed by atoms with van der Waals surface area (Å²) in [5.74, 6) is 0. The minimum absolute atomic E-state index is 0.652. The highest BCUT2D eigenvalue weighted by atomic mass is 15.1. The summed E-state index contributed by atoms with van der Waals surface area (Å²) < 4.78 is 0. The second-order valence-electron chi connectivity index (χ2n) is 4.87. The summed E-state index contributed by atoms with van der Waals surface area (Å²) in [6.45, 7) is 5.29. The number of nitrogens with zero attached hydrogens (tertiary/aromatic N) is 1. The molecule has 1 saturated carbocycles. The van der Waals surface area contributed by atoms with Crippen molar-refractivity contribution in [1.29, 1.82) is 0 Å². The highest BCUT2D eigenvalue weighted by Gasteiger charge is 2.38. The first-order chi connectivity index (χ1) is 6.35. The van der Waals surface area contributed by atoms with Crippen LogP contribution in [-0.4, -0.2) is 38.1 Å². The zero-order chi connectivity index (χ0) is 9.15. The number of rotatable bonds is 4. The Kier molecular flexibility index (Phi) is 2.89. The van der Waals surface area contributed by atoms with E-state index in [2.05, 4.69) is 17.3 Å². The molecule has 0 spiro atoms. The van der Waals surface area contributed by atoms with E-state index in [0.717, 1.165) is 0 Å². The van der Waals surface area contributed by atoms with Crippen LogP contribution in [0.2, 0.25) is 0 Å². The van der Waals surface area contributed by atoms with Crippen molar-refractivity contribution in [2.24, 2.45) is 5.41 Å². The SMILES string of the molecule is CNCC1(CN2CCCC2)CCC1. The van der Waals surface area contributed by atoms with E-state index in [0.29, 0.717) is 5.41 Å². The van der Waals surface area contributed by atoms with Gasteiger partial charge in [-0.1, -0.05) is 6.42 Å². The van der Waals surface area contributed by atoms with Crippen LogP contribution in [0.1, 0.15) is 32.1 Å². The first-order valence-electron chi connectivity index (χ1n) is 5.72. The molecule has 0 atom stereocenters. The van der Waals surface area contributed by atoms with Crippen molar-refractivity contribution in [1.82, 2.24) is 10.2 Å². The number of nitrogens with one attached hydrogen (secondary N) is 1. The van der Waals surface area contributed by atoms with Gasteiger partial charge in [-0.25, -0.2) is 0 Å². The van der Waals surface area contributed by atoms with E-state index < -0.39 is 0 Å². The van der Waals surface area contributed by atoms with E-state index in [1.54, 1.807) is 0 Å². The molecule has 13 heavy (non-hydrogen) atoms. The molecule has 2 aliphatic rings. The van der Waals surface area contributed by atoms with Crippen molar-refractivity contribution in [2.75, 3.05) is 33.2 Å². The molecule has 2 fully saturated rings. The van der Waals surface area contributed by atoms with Gasteiger partial charge in [0.25, 0.3) is 0 Å². The smallest absolute Gasteiger partial charge is 0.00501 e. The summed E-state index contributed by atoms with van der Waals surface area (Å²) in [5.41, 5.74) is 0.652. The molecule has 0 aromatic rings. The van der Waals surface area contributed by atoms with E-state index in [4.69, 9.17) is 0 Å². The van der Waals surface area contributed by atoms with E-state index in [-0.39, 0.29) is 0 Å². The Morgan fingerprint density at radius 3 is 2.31 bits per heavy atom. The molecule has 2 nitrogen and oxygen atoms in total. The van der Waals surface area contributed by atoms with Crippen LogP contribution < -0.4 is 5.32 Å². The third-order valence-electron chi connectivity index (χ3n) is 3.72. The Morgan fingerprint density at radius 2 is 1.85 bits per heavy atom. The lowest BCUT2D eigenvalue weighted by atomic mass is 9.68. The van der Waals surface area contributed by atoms with Crippen LogP contribution in [0.15, 0.2) is 0 Å². The summed E-state index contributed by atoms with van der Waals surface area (Å²) in [6.07, 6.45) is 7.20.